The molecule has 3 rings (SSSR count). The van der Waals surface area contributed by atoms with Crippen molar-refractivity contribution in [1.82, 2.24) is 10.2 Å². The van der Waals surface area contributed by atoms with Crippen LogP contribution in [0.5, 0.6) is 5.75 Å². The van der Waals surface area contributed by atoms with E-state index in [1.807, 2.05) is 12.1 Å². The number of carbonyl (C=O) groups is 2. The Labute approximate surface area is 210 Å². The van der Waals surface area contributed by atoms with Crippen molar-refractivity contribution >= 4 is 40.8 Å². The van der Waals surface area contributed by atoms with Crippen LogP contribution in [0.4, 0.5) is 10.5 Å². The molecule has 4 N–H and O–H groups in total. The van der Waals surface area contributed by atoms with Crippen LogP contribution < -0.4 is 21.1 Å². The summed E-state index contributed by atoms with van der Waals surface area (Å²) in [6.07, 6.45) is 4.23. The third-order valence-electron chi connectivity index (χ3n) is 5.91. The Morgan fingerprint density at radius 1 is 1.15 bits per heavy atom. The van der Waals surface area contributed by atoms with Gasteiger partial charge >= 0.3 is 6.03 Å². The lowest BCUT2D eigenvalue weighted by atomic mass is 9.93. The molecule has 0 aromatic heterocycles. The van der Waals surface area contributed by atoms with Gasteiger partial charge in [-0.15, -0.1) is 0 Å². The van der Waals surface area contributed by atoms with E-state index in [-0.39, 0.29) is 25.0 Å². The number of nitrogens with one attached hydrogen (secondary N) is 2. The topological polar surface area (TPSA) is 96.7 Å². The number of ether oxygens (including phenoxy) is 1. The van der Waals surface area contributed by atoms with Crippen molar-refractivity contribution in [3.8, 4) is 5.75 Å². The van der Waals surface area contributed by atoms with Gasteiger partial charge in [0.25, 0.3) is 0 Å². The monoisotopic (exact) mass is 506 g/mol. The fraction of sp³-hybridized carbons (Fsp3) is 0.440. The molecule has 2 aromatic carbocycles. The number of benzene rings is 2. The minimum atomic E-state index is -0.714. The maximum atomic E-state index is 12.6. The number of anilines is 1. The van der Waals surface area contributed by atoms with Gasteiger partial charge in [0.05, 0.1) is 18.7 Å². The van der Waals surface area contributed by atoms with Crippen molar-refractivity contribution in [1.29, 1.82) is 0 Å². The van der Waals surface area contributed by atoms with E-state index >= 15 is 0 Å². The van der Waals surface area contributed by atoms with Crippen LogP contribution >= 0.6 is 23.2 Å². The normalized spacial score (nSPS) is 18.3. The van der Waals surface area contributed by atoms with Crippen LogP contribution in [0.3, 0.4) is 0 Å². The number of primary amides is 1. The molecule has 0 bridgehead atoms. The van der Waals surface area contributed by atoms with Gasteiger partial charge in [-0.1, -0.05) is 48.7 Å². The molecule has 3 amide bonds. The highest BCUT2D eigenvalue weighted by Gasteiger charge is 2.28. The van der Waals surface area contributed by atoms with Crippen LogP contribution in [-0.4, -0.2) is 42.1 Å². The predicted molar refractivity (Wildman–Crippen MR) is 136 cm³/mol. The number of hydrogen-bond acceptors (Lipinski definition) is 4. The highest BCUT2D eigenvalue weighted by molar-refractivity contribution is 6.31. The summed E-state index contributed by atoms with van der Waals surface area (Å²) in [5.41, 5.74) is 6.81. The Hall–Kier alpha value is -2.48. The van der Waals surface area contributed by atoms with E-state index in [1.54, 1.807) is 18.2 Å². The first-order valence-corrected chi connectivity index (χ1v) is 12.4. The molecule has 184 valence electrons. The molecule has 0 aliphatic carbocycles. The standard InChI is InChI=1S/C25H32Cl2N4O3/c1-2-3-21-15-20(10-12-31(21)16-17-4-6-18(26)7-5-17)29-24(32)11-13-34-23-9-8-19(27)14-22(23)30-25(28)33/h4-9,14,20-21H,2-3,10-13,15-16H2,1H3,(H,29,32)(H3,28,30,33)/t20-,21-/m0/s1. The van der Waals surface area contributed by atoms with Gasteiger partial charge in [0.1, 0.15) is 5.75 Å². The number of urea groups is 1. The van der Waals surface area contributed by atoms with Crippen molar-refractivity contribution < 1.29 is 14.3 Å². The lowest BCUT2D eigenvalue weighted by Crippen LogP contribution is -2.49. The van der Waals surface area contributed by atoms with E-state index in [4.69, 9.17) is 33.7 Å². The quantitative estimate of drug-likeness (QED) is 0.412. The summed E-state index contributed by atoms with van der Waals surface area (Å²) >= 11 is 12.0. The average molecular weight is 507 g/mol. The first-order valence-electron chi connectivity index (χ1n) is 11.6. The zero-order chi connectivity index (χ0) is 24.5. The first-order chi connectivity index (χ1) is 16.3. The predicted octanol–water partition coefficient (Wildman–Crippen LogP) is 5.20. The molecular formula is C25H32Cl2N4O3. The largest absolute Gasteiger partial charge is 0.491 e. The number of piperidine rings is 1. The molecule has 0 unspecified atom stereocenters. The van der Waals surface area contributed by atoms with Gasteiger partial charge in [0.2, 0.25) is 5.91 Å². The van der Waals surface area contributed by atoms with Gasteiger partial charge in [-0.25, -0.2) is 4.79 Å². The minimum Gasteiger partial charge on any atom is -0.491 e. The van der Waals surface area contributed by atoms with Gasteiger partial charge < -0.3 is 21.1 Å². The summed E-state index contributed by atoms with van der Waals surface area (Å²) in [5, 5.41) is 6.83. The van der Waals surface area contributed by atoms with Crippen molar-refractivity contribution in [3.05, 3.63) is 58.1 Å². The molecule has 2 atom stereocenters. The summed E-state index contributed by atoms with van der Waals surface area (Å²) in [7, 11) is 0. The zero-order valence-corrected chi connectivity index (χ0v) is 20.9. The summed E-state index contributed by atoms with van der Waals surface area (Å²) in [4.78, 5) is 26.3. The van der Waals surface area contributed by atoms with E-state index < -0.39 is 6.03 Å². The lowest BCUT2D eigenvalue weighted by Gasteiger charge is -2.40. The number of likely N-dealkylation sites (tertiary alicyclic amines) is 1. The van der Waals surface area contributed by atoms with Gasteiger partial charge in [-0.05, 0) is 55.2 Å². The summed E-state index contributed by atoms with van der Waals surface area (Å²) in [6, 6.07) is 12.7. The average Bonchev–Trinajstić information content (AvgIpc) is 2.78. The number of halogens is 2. The van der Waals surface area contributed by atoms with E-state index in [2.05, 4.69) is 34.6 Å². The number of carbonyl (C=O) groups excluding carboxylic acids is 2. The molecule has 0 saturated carbocycles. The fourth-order valence-corrected chi connectivity index (χ4v) is 4.61. The summed E-state index contributed by atoms with van der Waals surface area (Å²) in [5.74, 6) is 0.360. The second-order valence-electron chi connectivity index (χ2n) is 8.56. The number of amides is 3. The smallest absolute Gasteiger partial charge is 0.316 e. The summed E-state index contributed by atoms with van der Waals surface area (Å²) in [6.45, 7) is 4.19. The van der Waals surface area contributed by atoms with E-state index in [9.17, 15) is 9.59 Å². The minimum absolute atomic E-state index is 0.0511. The van der Waals surface area contributed by atoms with Gasteiger partial charge in [-0.3, -0.25) is 9.69 Å². The van der Waals surface area contributed by atoms with Crippen LogP contribution in [0.2, 0.25) is 10.0 Å². The van der Waals surface area contributed by atoms with Crippen molar-refractivity contribution in [3.63, 3.8) is 0 Å². The molecule has 9 heteroatoms. The maximum absolute atomic E-state index is 12.6. The molecular weight excluding hydrogens is 475 g/mol. The highest BCUT2D eigenvalue weighted by Crippen LogP contribution is 2.28. The molecule has 7 nitrogen and oxygen atoms in total. The van der Waals surface area contributed by atoms with Gasteiger partial charge in [0, 0.05) is 35.2 Å². The Morgan fingerprint density at radius 3 is 2.59 bits per heavy atom. The molecule has 0 spiro atoms. The Balaban J connectivity index is 1.48. The molecule has 1 heterocycles. The highest BCUT2D eigenvalue weighted by atomic mass is 35.5. The molecule has 1 fully saturated rings. The Kier molecular flexibility index (Phi) is 9.86. The second-order valence-corrected chi connectivity index (χ2v) is 9.43. The zero-order valence-electron chi connectivity index (χ0n) is 19.4. The van der Waals surface area contributed by atoms with E-state index in [0.29, 0.717) is 22.5 Å². The van der Waals surface area contributed by atoms with Crippen LogP contribution in [0.25, 0.3) is 0 Å². The number of hydrogen-bond donors (Lipinski definition) is 3. The van der Waals surface area contributed by atoms with Crippen LogP contribution in [0.1, 0.15) is 44.6 Å². The molecule has 0 radical (unpaired) electrons. The Morgan fingerprint density at radius 2 is 1.88 bits per heavy atom. The lowest BCUT2D eigenvalue weighted by molar-refractivity contribution is -0.122. The molecule has 1 aliphatic rings. The Bertz CT molecular complexity index is 971. The van der Waals surface area contributed by atoms with E-state index in [0.717, 1.165) is 43.8 Å². The summed E-state index contributed by atoms with van der Waals surface area (Å²) < 4.78 is 5.70. The second kappa shape index (κ2) is 12.8. The van der Waals surface area contributed by atoms with Crippen LogP contribution in [0, 0.1) is 0 Å². The molecule has 2 aromatic rings. The van der Waals surface area contributed by atoms with Crippen molar-refractivity contribution in [2.75, 3.05) is 18.5 Å². The van der Waals surface area contributed by atoms with Crippen LogP contribution in [0.15, 0.2) is 42.5 Å². The number of nitrogens with two attached hydrogens (primary N) is 1. The first kappa shape index (κ1) is 26.1. The number of rotatable bonds is 10. The maximum Gasteiger partial charge on any atom is 0.316 e. The van der Waals surface area contributed by atoms with Gasteiger partial charge in [-0.2, -0.15) is 0 Å². The third kappa shape index (κ3) is 8.08. The molecule has 1 saturated heterocycles. The number of nitrogens with zero attached hydrogens (tertiary/aromatic N) is 1. The van der Waals surface area contributed by atoms with Crippen molar-refractivity contribution in [2.24, 2.45) is 5.73 Å². The molecule has 34 heavy (non-hydrogen) atoms. The van der Waals surface area contributed by atoms with Crippen molar-refractivity contribution in [2.45, 2.75) is 57.7 Å². The van der Waals surface area contributed by atoms with Gasteiger partial charge in [0.15, 0.2) is 0 Å². The molecule has 1 aliphatic heterocycles. The van der Waals surface area contributed by atoms with Crippen LogP contribution in [-0.2, 0) is 11.3 Å². The van der Waals surface area contributed by atoms with E-state index in [1.165, 1.54) is 5.56 Å². The fourth-order valence-electron chi connectivity index (χ4n) is 4.31. The third-order valence-corrected chi connectivity index (χ3v) is 6.40. The SMILES string of the molecule is CCC[C@H]1C[C@@H](NC(=O)CCOc2ccc(Cl)cc2NC(N)=O)CCN1Cc1ccc(Cl)cc1.